The molecule has 0 aromatic heterocycles. The summed E-state index contributed by atoms with van der Waals surface area (Å²) in [5, 5.41) is 7.94. The first-order valence-corrected chi connectivity index (χ1v) is 8.84. The first kappa shape index (κ1) is 16.7. The van der Waals surface area contributed by atoms with Gasteiger partial charge in [-0.3, -0.25) is 0 Å². The Morgan fingerprint density at radius 3 is 2.30 bits per heavy atom. The number of nitrogen functional groups attached to an aromatic ring is 1. The van der Waals surface area contributed by atoms with Crippen LogP contribution in [0.5, 0.6) is 0 Å². The summed E-state index contributed by atoms with van der Waals surface area (Å²) in [7, 11) is -5.91. The molecule has 0 aliphatic heterocycles. The first-order valence-electron chi connectivity index (χ1n) is 5.65. The van der Waals surface area contributed by atoms with Gasteiger partial charge in [0.25, 0.3) is 0 Å². The summed E-state index contributed by atoms with van der Waals surface area (Å²) in [4.78, 5) is -0.0866. The minimum Gasteiger partial charge on any atom is -0.399 e. The largest absolute Gasteiger partial charge is 0.399 e. The highest BCUT2D eigenvalue weighted by Crippen LogP contribution is 2.25. The Labute approximate surface area is 118 Å². The molecule has 0 heterocycles. The van der Waals surface area contributed by atoms with E-state index >= 15 is 0 Å². The number of hydrogen-bond donors (Lipinski definition) is 4. The lowest BCUT2D eigenvalue weighted by Gasteiger charge is -2.13. The second kappa shape index (κ2) is 5.95. The number of primary sulfonamides is 1. The maximum Gasteiger partial charge on any atom is 0.238 e. The van der Waals surface area contributed by atoms with Crippen molar-refractivity contribution >= 4 is 31.4 Å². The van der Waals surface area contributed by atoms with E-state index in [0.717, 1.165) is 0 Å². The molecule has 1 aromatic rings. The monoisotopic (exact) mass is 322 g/mol. The van der Waals surface area contributed by atoms with Gasteiger partial charge in [0.05, 0.1) is 10.6 Å². The third kappa shape index (κ3) is 4.34. The van der Waals surface area contributed by atoms with E-state index in [2.05, 4.69) is 10.0 Å². The van der Waals surface area contributed by atoms with E-state index < -0.39 is 20.0 Å². The highest BCUT2D eigenvalue weighted by Gasteiger charge is 2.16. The fraction of sp³-hybridized carbons (Fsp3) is 0.400. The number of rotatable bonds is 6. The lowest BCUT2D eigenvalue weighted by Crippen LogP contribution is -2.26. The van der Waals surface area contributed by atoms with E-state index in [4.69, 9.17) is 10.9 Å². The van der Waals surface area contributed by atoms with Gasteiger partial charge in [-0.25, -0.2) is 26.7 Å². The molecular formula is C10H18N4O4S2. The third-order valence-electron chi connectivity index (χ3n) is 2.69. The zero-order valence-electron chi connectivity index (χ0n) is 11.2. The van der Waals surface area contributed by atoms with Crippen molar-refractivity contribution in [2.75, 3.05) is 30.4 Å². The highest BCUT2D eigenvalue weighted by molar-refractivity contribution is 7.89. The van der Waals surface area contributed by atoms with Crippen molar-refractivity contribution in [2.45, 2.75) is 11.8 Å². The van der Waals surface area contributed by atoms with Gasteiger partial charge in [0, 0.05) is 17.9 Å². The van der Waals surface area contributed by atoms with E-state index in [-0.39, 0.29) is 22.9 Å². The van der Waals surface area contributed by atoms with Gasteiger partial charge >= 0.3 is 0 Å². The lowest BCUT2D eigenvalue weighted by molar-refractivity contribution is 0.588. The molecule has 1 aromatic carbocycles. The van der Waals surface area contributed by atoms with Crippen LogP contribution in [0.3, 0.4) is 0 Å². The maximum atomic E-state index is 11.4. The van der Waals surface area contributed by atoms with Crippen molar-refractivity contribution in [3.63, 3.8) is 0 Å². The second-order valence-corrected chi connectivity index (χ2v) is 7.76. The highest BCUT2D eigenvalue weighted by atomic mass is 32.2. The van der Waals surface area contributed by atoms with Crippen LogP contribution in [0.15, 0.2) is 17.0 Å². The van der Waals surface area contributed by atoms with E-state index in [1.165, 1.54) is 19.2 Å². The number of anilines is 2. The Kier molecular flexibility index (Phi) is 4.97. The minimum absolute atomic E-state index is 0.0866. The summed E-state index contributed by atoms with van der Waals surface area (Å²) in [6, 6.07) is 2.79. The van der Waals surface area contributed by atoms with Crippen LogP contribution in [-0.4, -0.2) is 36.2 Å². The van der Waals surface area contributed by atoms with E-state index in [1.54, 1.807) is 6.92 Å². The van der Waals surface area contributed by atoms with Gasteiger partial charge in [-0.1, -0.05) is 0 Å². The van der Waals surface area contributed by atoms with Crippen molar-refractivity contribution < 1.29 is 16.8 Å². The van der Waals surface area contributed by atoms with Crippen molar-refractivity contribution in [1.82, 2.24) is 4.72 Å². The molecule has 0 saturated carbocycles. The molecule has 20 heavy (non-hydrogen) atoms. The molecule has 8 nitrogen and oxygen atoms in total. The van der Waals surface area contributed by atoms with Gasteiger partial charge in [0.2, 0.25) is 20.0 Å². The molecule has 6 N–H and O–H groups in total. The fourth-order valence-corrected chi connectivity index (χ4v) is 3.02. The molecule has 0 unspecified atom stereocenters. The van der Waals surface area contributed by atoms with Gasteiger partial charge < -0.3 is 11.1 Å². The second-order valence-electron chi connectivity index (χ2n) is 4.19. The molecule has 0 saturated heterocycles. The van der Waals surface area contributed by atoms with Crippen LogP contribution in [0.1, 0.15) is 5.56 Å². The lowest BCUT2D eigenvalue weighted by atomic mass is 10.2. The zero-order valence-corrected chi connectivity index (χ0v) is 12.8. The van der Waals surface area contributed by atoms with Crippen molar-refractivity contribution in [3.05, 3.63) is 17.7 Å². The van der Waals surface area contributed by atoms with Crippen LogP contribution in [0, 0.1) is 6.92 Å². The van der Waals surface area contributed by atoms with Crippen LogP contribution >= 0.6 is 0 Å². The van der Waals surface area contributed by atoms with Gasteiger partial charge in [-0.15, -0.1) is 0 Å². The standard InChI is InChI=1S/C10H18N4O4S2/c1-7-9(14-3-4-19(15,16)13-2)5-8(11)6-10(7)20(12,17)18/h5-6,13-14H,3-4,11H2,1-2H3,(H2,12,17,18). The average molecular weight is 322 g/mol. The predicted molar refractivity (Wildman–Crippen MR) is 78.3 cm³/mol. The Hall–Kier alpha value is -1.36. The Morgan fingerprint density at radius 2 is 1.80 bits per heavy atom. The van der Waals surface area contributed by atoms with Gasteiger partial charge in [0.15, 0.2) is 0 Å². The van der Waals surface area contributed by atoms with Crippen molar-refractivity contribution in [2.24, 2.45) is 5.14 Å². The van der Waals surface area contributed by atoms with Crippen molar-refractivity contribution in [1.29, 1.82) is 0 Å². The Bertz CT molecular complexity index is 698. The number of nitrogens with one attached hydrogen (secondary N) is 2. The van der Waals surface area contributed by atoms with Crippen LogP contribution < -0.4 is 20.9 Å². The molecule has 0 atom stereocenters. The zero-order chi connectivity index (χ0) is 15.6. The average Bonchev–Trinajstić information content (AvgIpc) is 2.31. The van der Waals surface area contributed by atoms with Gasteiger partial charge in [-0.2, -0.15) is 0 Å². The summed E-state index contributed by atoms with van der Waals surface area (Å²) in [6.45, 7) is 1.67. The molecule has 10 heteroatoms. The van der Waals surface area contributed by atoms with E-state index in [1.807, 2.05) is 0 Å². The minimum atomic E-state index is -3.89. The normalized spacial score (nSPS) is 12.3. The summed E-state index contributed by atoms with van der Waals surface area (Å²) in [6.07, 6.45) is 0. The van der Waals surface area contributed by atoms with Crippen LogP contribution in [0.4, 0.5) is 11.4 Å². The molecule has 0 amide bonds. The molecule has 0 aliphatic rings. The molecule has 0 fully saturated rings. The van der Waals surface area contributed by atoms with E-state index in [0.29, 0.717) is 11.3 Å². The van der Waals surface area contributed by atoms with Crippen LogP contribution in [-0.2, 0) is 20.0 Å². The number of benzene rings is 1. The fourth-order valence-electron chi connectivity index (χ4n) is 1.61. The molecule has 0 aliphatic carbocycles. The number of hydrogen-bond acceptors (Lipinski definition) is 6. The van der Waals surface area contributed by atoms with Crippen LogP contribution in [0.25, 0.3) is 0 Å². The molecule has 0 bridgehead atoms. The SMILES string of the molecule is CNS(=O)(=O)CCNc1cc(N)cc(S(N)(=O)=O)c1C. The summed E-state index contributed by atoms with van der Waals surface area (Å²) in [5.74, 6) is -0.150. The van der Waals surface area contributed by atoms with Crippen molar-refractivity contribution in [3.8, 4) is 0 Å². The molecule has 0 spiro atoms. The number of sulfonamides is 2. The third-order valence-corrected chi connectivity index (χ3v) is 5.09. The molecule has 1 rings (SSSR count). The maximum absolute atomic E-state index is 11.4. The first-order chi connectivity index (χ1) is 9.07. The van der Waals surface area contributed by atoms with E-state index in [9.17, 15) is 16.8 Å². The smallest absolute Gasteiger partial charge is 0.238 e. The summed E-state index contributed by atoms with van der Waals surface area (Å²) in [5.41, 5.74) is 6.66. The molecular weight excluding hydrogens is 304 g/mol. The van der Waals surface area contributed by atoms with Gasteiger partial charge in [-0.05, 0) is 31.7 Å². The molecule has 0 radical (unpaired) electrons. The predicted octanol–water partition coefficient (Wildman–Crippen LogP) is -0.814. The van der Waals surface area contributed by atoms with Crippen LogP contribution in [0.2, 0.25) is 0 Å². The Morgan fingerprint density at radius 1 is 1.20 bits per heavy atom. The van der Waals surface area contributed by atoms with Gasteiger partial charge in [0.1, 0.15) is 0 Å². The Balaban J connectivity index is 3.00. The summed E-state index contributed by atoms with van der Waals surface area (Å²) < 4.78 is 47.6. The summed E-state index contributed by atoms with van der Waals surface area (Å²) >= 11 is 0. The molecule has 114 valence electrons. The quantitative estimate of drug-likeness (QED) is 0.504. The topological polar surface area (TPSA) is 144 Å². The number of nitrogens with two attached hydrogens (primary N) is 2.